The summed E-state index contributed by atoms with van der Waals surface area (Å²) in [5.41, 5.74) is 2.68. The normalized spacial score (nSPS) is 14.6. The van der Waals surface area contributed by atoms with Gasteiger partial charge in [-0.15, -0.1) is 0 Å². The smallest absolute Gasteiger partial charge is 0.265 e. The van der Waals surface area contributed by atoms with Crippen molar-refractivity contribution >= 4 is 38.3 Å². The van der Waals surface area contributed by atoms with E-state index in [0.717, 1.165) is 28.3 Å². The fourth-order valence-corrected chi connectivity index (χ4v) is 6.41. The summed E-state index contributed by atoms with van der Waals surface area (Å²) >= 11 is 0. The van der Waals surface area contributed by atoms with Crippen LogP contribution in [0.15, 0.2) is 65.6 Å². The monoisotopic (exact) mass is 507 g/mol. The van der Waals surface area contributed by atoms with Crippen LogP contribution >= 0.6 is 0 Å². The molecule has 1 atom stereocenters. The standard InChI is InChI=1S/C28H33N3O4S/c1-4-17-29-28(33)21(3)30(19-23-11-6-5-10-20(23)2)26(32)16-9-18-31-24-14-7-12-22-13-8-15-25(27(22)24)36(31,34)35/h5-8,10-15,21H,4,9,16-19H2,1-3H3,(H,29,33). The average molecular weight is 508 g/mol. The number of hydrogen-bond acceptors (Lipinski definition) is 4. The highest BCUT2D eigenvalue weighted by Gasteiger charge is 2.35. The molecule has 0 saturated heterocycles. The molecule has 1 N–H and O–H groups in total. The zero-order valence-electron chi connectivity index (χ0n) is 21.0. The molecule has 0 bridgehead atoms. The Hall–Kier alpha value is -3.39. The summed E-state index contributed by atoms with van der Waals surface area (Å²) in [6, 6.07) is 18.0. The number of benzene rings is 3. The SMILES string of the molecule is CCCNC(=O)C(C)N(Cc1ccccc1C)C(=O)CCCN1c2cccc3cccc(c23)S1(=O)=O. The molecular weight excluding hydrogens is 474 g/mol. The molecule has 7 nitrogen and oxygen atoms in total. The molecule has 0 aliphatic carbocycles. The molecule has 2 amide bonds. The Morgan fingerprint density at radius 2 is 1.75 bits per heavy atom. The van der Waals surface area contributed by atoms with Crippen molar-refractivity contribution in [3.8, 4) is 0 Å². The van der Waals surface area contributed by atoms with E-state index in [1.54, 1.807) is 24.0 Å². The number of anilines is 1. The highest BCUT2D eigenvalue weighted by atomic mass is 32.2. The Morgan fingerprint density at radius 3 is 2.47 bits per heavy atom. The number of nitrogens with zero attached hydrogens (tertiary/aromatic N) is 2. The number of hydrogen-bond donors (Lipinski definition) is 1. The van der Waals surface area contributed by atoms with Crippen LogP contribution in [-0.2, 0) is 26.2 Å². The van der Waals surface area contributed by atoms with Crippen LogP contribution in [0.25, 0.3) is 10.8 Å². The Bertz CT molecular complexity index is 1380. The second-order valence-electron chi connectivity index (χ2n) is 9.23. The largest absolute Gasteiger partial charge is 0.354 e. The highest BCUT2D eigenvalue weighted by Crippen LogP contribution is 2.42. The molecule has 3 aromatic rings. The maximum absolute atomic E-state index is 13.4. The quantitative estimate of drug-likeness (QED) is 0.441. The molecule has 36 heavy (non-hydrogen) atoms. The van der Waals surface area contributed by atoms with E-state index >= 15 is 0 Å². The Morgan fingerprint density at radius 1 is 1.03 bits per heavy atom. The molecule has 8 heteroatoms. The first-order valence-electron chi connectivity index (χ1n) is 12.4. The van der Waals surface area contributed by atoms with Crippen molar-refractivity contribution < 1.29 is 18.0 Å². The van der Waals surface area contributed by atoms with Gasteiger partial charge in [0.15, 0.2) is 0 Å². The third-order valence-electron chi connectivity index (χ3n) is 6.75. The second kappa shape index (κ2) is 10.7. The van der Waals surface area contributed by atoms with Gasteiger partial charge >= 0.3 is 0 Å². The molecule has 3 aromatic carbocycles. The fourth-order valence-electron chi connectivity index (χ4n) is 4.67. The van der Waals surface area contributed by atoms with Gasteiger partial charge < -0.3 is 10.2 Å². The molecule has 0 fully saturated rings. The summed E-state index contributed by atoms with van der Waals surface area (Å²) in [4.78, 5) is 28.0. The first kappa shape index (κ1) is 25.7. The molecule has 190 valence electrons. The fraction of sp³-hybridized carbons (Fsp3) is 0.357. The number of carbonyl (C=O) groups is 2. The van der Waals surface area contributed by atoms with Crippen LogP contribution in [-0.4, -0.2) is 44.3 Å². The number of aryl methyl sites for hydroxylation is 1. The minimum atomic E-state index is -3.67. The lowest BCUT2D eigenvalue weighted by atomic mass is 10.1. The summed E-state index contributed by atoms with van der Waals surface area (Å²) in [6.45, 7) is 6.76. The molecule has 1 unspecified atom stereocenters. The van der Waals surface area contributed by atoms with Crippen LogP contribution in [0.5, 0.6) is 0 Å². The van der Waals surface area contributed by atoms with Gasteiger partial charge in [0.2, 0.25) is 11.8 Å². The summed E-state index contributed by atoms with van der Waals surface area (Å²) in [5, 5.41) is 4.49. The average Bonchev–Trinajstić information content (AvgIpc) is 3.09. The Kier molecular flexibility index (Phi) is 7.64. The predicted molar refractivity (Wildman–Crippen MR) is 142 cm³/mol. The van der Waals surface area contributed by atoms with Gasteiger partial charge in [0.1, 0.15) is 6.04 Å². The summed E-state index contributed by atoms with van der Waals surface area (Å²) < 4.78 is 27.9. The van der Waals surface area contributed by atoms with Crippen molar-refractivity contribution in [2.24, 2.45) is 0 Å². The topological polar surface area (TPSA) is 86.8 Å². The van der Waals surface area contributed by atoms with Crippen molar-refractivity contribution in [3.05, 3.63) is 71.8 Å². The van der Waals surface area contributed by atoms with Crippen LogP contribution in [0.4, 0.5) is 5.69 Å². The van der Waals surface area contributed by atoms with Crippen molar-refractivity contribution in [1.29, 1.82) is 0 Å². The maximum Gasteiger partial charge on any atom is 0.265 e. The van der Waals surface area contributed by atoms with E-state index in [9.17, 15) is 18.0 Å². The lowest BCUT2D eigenvalue weighted by Gasteiger charge is -2.29. The molecule has 1 aliphatic rings. The van der Waals surface area contributed by atoms with Crippen LogP contribution in [0.1, 0.15) is 44.2 Å². The molecule has 0 aromatic heterocycles. The third-order valence-corrected chi connectivity index (χ3v) is 8.61. The molecule has 0 spiro atoms. The van der Waals surface area contributed by atoms with Gasteiger partial charge in [-0.25, -0.2) is 8.42 Å². The first-order chi connectivity index (χ1) is 17.3. The van der Waals surface area contributed by atoms with Gasteiger partial charge in [-0.3, -0.25) is 13.9 Å². The number of amides is 2. The Labute approximate surface area is 213 Å². The minimum absolute atomic E-state index is 0.135. The van der Waals surface area contributed by atoms with E-state index in [-0.39, 0.29) is 24.8 Å². The van der Waals surface area contributed by atoms with Crippen molar-refractivity contribution in [3.63, 3.8) is 0 Å². The first-order valence-corrected chi connectivity index (χ1v) is 13.9. The number of carbonyl (C=O) groups excluding carboxylic acids is 2. The molecule has 1 aliphatic heterocycles. The molecule has 1 heterocycles. The van der Waals surface area contributed by atoms with Gasteiger partial charge in [0.05, 0.1) is 10.6 Å². The van der Waals surface area contributed by atoms with Gasteiger partial charge in [0.25, 0.3) is 10.0 Å². The van der Waals surface area contributed by atoms with Crippen LogP contribution in [0, 0.1) is 6.92 Å². The summed E-state index contributed by atoms with van der Waals surface area (Å²) in [7, 11) is -3.67. The van der Waals surface area contributed by atoms with E-state index in [2.05, 4.69) is 5.32 Å². The second-order valence-corrected chi connectivity index (χ2v) is 11.1. The third kappa shape index (κ3) is 4.95. The summed E-state index contributed by atoms with van der Waals surface area (Å²) in [6.07, 6.45) is 1.29. The number of rotatable bonds is 10. The van der Waals surface area contributed by atoms with E-state index in [1.807, 2.05) is 62.4 Å². The van der Waals surface area contributed by atoms with Crippen LogP contribution in [0.3, 0.4) is 0 Å². The van der Waals surface area contributed by atoms with Gasteiger partial charge in [-0.05, 0) is 55.3 Å². The predicted octanol–water partition coefficient (Wildman–Crippen LogP) is 4.38. The minimum Gasteiger partial charge on any atom is -0.354 e. The van der Waals surface area contributed by atoms with Gasteiger partial charge in [-0.2, -0.15) is 0 Å². The zero-order chi connectivity index (χ0) is 25.9. The number of sulfonamides is 1. The van der Waals surface area contributed by atoms with Crippen LogP contribution < -0.4 is 9.62 Å². The molecule has 4 rings (SSSR count). The zero-order valence-corrected chi connectivity index (χ0v) is 21.8. The Balaban J connectivity index is 1.50. The van der Waals surface area contributed by atoms with Gasteiger partial charge in [0, 0.05) is 31.4 Å². The van der Waals surface area contributed by atoms with E-state index in [4.69, 9.17) is 0 Å². The van der Waals surface area contributed by atoms with Gasteiger partial charge in [-0.1, -0.05) is 55.5 Å². The van der Waals surface area contributed by atoms with Crippen molar-refractivity contribution in [2.75, 3.05) is 17.4 Å². The van der Waals surface area contributed by atoms with Crippen molar-refractivity contribution in [1.82, 2.24) is 10.2 Å². The molecular formula is C28H33N3O4S. The number of nitrogens with one attached hydrogen (secondary N) is 1. The molecule has 0 radical (unpaired) electrons. The van der Waals surface area contributed by atoms with Crippen molar-refractivity contribution in [2.45, 2.75) is 57.5 Å². The lowest BCUT2D eigenvalue weighted by molar-refractivity contribution is -0.140. The maximum atomic E-state index is 13.4. The van der Waals surface area contributed by atoms with E-state index < -0.39 is 16.1 Å². The van der Waals surface area contributed by atoms with E-state index in [0.29, 0.717) is 30.1 Å². The summed E-state index contributed by atoms with van der Waals surface area (Å²) in [5.74, 6) is -0.368. The molecule has 0 saturated carbocycles. The highest BCUT2D eigenvalue weighted by molar-refractivity contribution is 7.93. The lowest BCUT2D eigenvalue weighted by Crippen LogP contribution is -2.48. The van der Waals surface area contributed by atoms with Crippen LogP contribution in [0.2, 0.25) is 0 Å². The van der Waals surface area contributed by atoms with E-state index in [1.165, 1.54) is 4.31 Å².